The van der Waals surface area contributed by atoms with E-state index in [1.165, 1.54) is 10.6 Å². The lowest BCUT2D eigenvalue weighted by molar-refractivity contribution is 0.0998. The SMILES string of the molecule is C=CCn1c(=NC(=O)c2ccc(OCCCC)cc2)sc2cc(F)cc(F)c21. The van der Waals surface area contributed by atoms with Gasteiger partial charge in [0.1, 0.15) is 11.6 Å². The average molecular weight is 402 g/mol. The summed E-state index contributed by atoms with van der Waals surface area (Å²) < 4.78 is 35.3. The maximum atomic E-state index is 14.2. The summed E-state index contributed by atoms with van der Waals surface area (Å²) in [4.78, 5) is 17.0. The van der Waals surface area contributed by atoms with Gasteiger partial charge < -0.3 is 9.30 Å². The normalized spacial score (nSPS) is 11.8. The highest BCUT2D eigenvalue weighted by atomic mass is 32.1. The van der Waals surface area contributed by atoms with E-state index in [4.69, 9.17) is 4.74 Å². The molecular weight excluding hydrogens is 382 g/mol. The van der Waals surface area contributed by atoms with Gasteiger partial charge in [0.25, 0.3) is 5.91 Å². The van der Waals surface area contributed by atoms with Crippen LogP contribution in [0.15, 0.2) is 54.0 Å². The molecule has 0 bridgehead atoms. The van der Waals surface area contributed by atoms with Gasteiger partial charge in [0, 0.05) is 18.2 Å². The maximum Gasteiger partial charge on any atom is 0.279 e. The van der Waals surface area contributed by atoms with E-state index in [9.17, 15) is 13.6 Å². The number of carbonyl (C=O) groups is 1. The second kappa shape index (κ2) is 8.93. The van der Waals surface area contributed by atoms with E-state index >= 15 is 0 Å². The van der Waals surface area contributed by atoms with Crippen LogP contribution in [0.5, 0.6) is 5.75 Å². The first kappa shape index (κ1) is 19.9. The first-order valence-corrected chi connectivity index (χ1v) is 9.76. The van der Waals surface area contributed by atoms with Gasteiger partial charge in [-0.25, -0.2) is 8.78 Å². The van der Waals surface area contributed by atoms with Crippen LogP contribution in [0.1, 0.15) is 30.1 Å². The molecule has 0 radical (unpaired) electrons. The van der Waals surface area contributed by atoms with Crippen molar-refractivity contribution in [2.45, 2.75) is 26.3 Å². The number of hydrogen-bond acceptors (Lipinski definition) is 3. The van der Waals surface area contributed by atoms with Crippen LogP contribution in [0, 0.1) is 11.6 Å². The number of rotatable bonds is 7. The molecule has 0 aliphatic rings. The summed E-state index contributed by atoms with van der Waals surface area (Å²) in [5.74, 6) is -1.15. The number of allylic oxidation sites excluding steroid dienone is 1. The highest BCUT2D eigenvalue weighted by molar-refractivity contribution is 7.16. The molecule has 0 unspecified atom stereocenters. The fraction of sp³-hybridized carbons (Fsp3) is 0.238. The number of fused-ring (bicyclic) bond motifs is 1. The minimum atomic E-state index is -0.699. The molecule has 1 heterocycles. The van der Waals surface area contributed by atoms with Crippen molar-refractivity contribution in [1.29, 1.82) is 0 Å². The van der Waals surface area contributed by atoms with Crippen molar-refractivity contribution in [1.82, 2.24) is 4.57 Å². The van der Waals surface area contributed by atoms with Gasteiger partial charge in [0.2, 0.25) is 0 Å². The topological polar surface area (TPSA) is 43.6 Å². The van der Waals surface area contributed by atoms with Crippen LogP contribution in [0.25, 0.3) is 10.2 Å². The lowest BCUT2D eigenvalue weighted by Gasteiger charge is -2.05. The van der Waals surface area contributed by atoms with Gasteiger partial charge in [-0.15, -0.1) is 6.58 Å². The van der Waals surface area contributed by atoms with Crippen LogP contribution in [-0.4, -0.2) is 17.1 Å². The van der Waals surface area contributed by atoms with E-state index in [0.29, 0.717) is 22.6 Å². The van der Waals surface area contributed by atoms with Gasteiger partial charge in [0.15, 0.2) is 10.6 Å². The van der Waals surface area contributed by atoms with Crippen LogP contribution in [0.2, 0.25) is 0 Å². The number of thiazole rings is 1. The number of halogens is 2. The number of unbranched alkanes of at least 4 members (excludes halogenated alkanes) is 1. The second-order valence-corrected chi connectivity index (χ2v) is 7.17. The molecule has 2 aromatic carbocycles. The van der Waals surface area contributed by atoms with Gasteiger partial charge in [-0.2, -0.15) is 4.99 Å². The zero-order valence-electron chi connectivity index (χ0n) is 15.5. The van der Waals surface area contributed by atoms with E-state index < -0.39 is 17.5 Å². The Morgan fingerprint density at radius 3 is 2.71 bits per heavy atom. The zero-order valence-corrected chi connectivity index (χ0v) is 16.3. The lowest BCUT2D eigenvalue weighted by atomic mass is 10.2. The predicted octanol–water partition coefficient (Wildman–Crippen LogP) is 5.09. The van der Waals surface area contributed by atoms with Crippen LogP contribution < -0.4 is 9.54 Å². The summed E-state index contributed by atoms with van der Waals surface area (Å²) in [5.41, 5.74) is 0.592. The largest absolute Gasteiger partial charge is 0.494 e. The molecule has 0 saturated carbocycles. The molecule has 28 heavy (non-hydrogen) atoms. The molecular formula is C21H20F2N2O2S. The van der Waals surface area contributed by atoms with Gasteiger partial charge in [-0.3, -0.25) is 4.79 Å². The number of ether oxygens (including phenoxy) is 1. The lowest BCUT2D eigenvalue weighted by Crippen LogP contribution is -2.16. The van der Waals surface area contributed by atoms with Gasteiger partial charge in [-0.05, 0) is 36.8 Å². The summed E-state index contributed by atoms with van der Waals surface area (Å²) in [6.45, 7) is 6.61. The molecule has 0 atom stereocenters. The van der Waals surface area contributed by atoms with Crippen molar-refractivity contribution in [3.8, 4) is 5.75 Å². The van der Waals surface area contributed by atoms with Crippen LogP contribution in [0.3, 0.4) is 0 Å². The third-order valence-corrected chi connectivity index (χ3v) is 5.10. The van der Waals surface area contributed by atoms with Crippen LogP contribution in [-0.2, 0) is 6.54 Å². The number of nitrogens with zero attached hydrogens (tertiary/aromatic N) is 2. The molecule has 0 spiro atoms. The standard InChI is InChI=1S/C21H20F2N2O2S/c1-3-5-11-27-16-8-6-14(7-9-16)20(26)24-21-25(10-4-2)19-17(23)12-15(22)13-18(19)28-21/h4,6-9,12-13H,2-3,5,10-11H2,1H3. The molecule has 3 aromatic rings. The average Bonchev–Trinajstić information content (AvgIpc) is 3.00. The molecule has 0 saturated heterocycles. The van der Waals surface area contributed by atoms with Crippen molar-refractivity contribution in [3.63, 3.8) is 0 Å². The van der Waals surface area contributed by atoms with Gasteiger partial charge >= 0.3 is 0 Å². The van der Waals surface area contributed by atoms with Crippen molar-refractivity contribution in [3.05, 3.63) is 71.1 Å². The van der Waals surface area contributed by atoms with E-state index in [-0.39, 0.29) is 16.9 Å². The van der Waals surface area contributed by atoms with E-state index in [1.54, 1.807) is 30.3 Å². The van der Waals surface area contributed by atoms with Crippen molar-refractivity contribution >= 4 is 27.5 Å². The Hall–Kier alpha value is -2.80. The summed E-state index contributed by atoms with van der Waals surface area (Å²) in [6.07, 6.45) is 3.57. The Morgan fingerprint density at radius 2 is 2.04 bits per heavy atom. The molecule has 3 rings (SSSR count). The fourth-order valence-corrected chi connectivity index (χ4v) is 3.77. The molecule has 1 aromatic heterocycles. The minimum absolute atomic E-state index is 0.206. The molecule has 0 fully saturated rings. The first-order valence-electron chi connectivity index (χ1n) is 8.94. The maximum absolute atomic E-state index is 14.2. The van der Waals surface area contributed by atoms with Crippen molar-refractivity contribution in [2.75, 3.05) is 6.61 Å². The van der Waals surface area contributed by atoms with Crippen molar-refractivity contribution < 1.29 is 18.3 Å². The van der Waals surface area contributed by atoms with E-state index in [0.717, 1.165) is 30.2 Å². The first-order chi connectivity index (χ1) is 13.5. The number of amides is 1. The van der Waals surface area contributed by atoms with E-state index in [1.807, 2.05) is 0 Å². The monoisotopic (exact) mass is 402 g/mol. The quantitative estimate of drug-likeness (QED) is 0.408. The molecule has 0 aliphatic heterocycles. The summed E-state index contributed by atoms with van der Waals surface area (Å²) >= 11 is 1.05. The Bertz CT molecular complexity index is 1070. The third kappa shape index (κ3) is 4.36. The highest BCUT2D eigenvalue weighted by Crippen LogP contribution is 2.22. The Morgan fingerprint density at radius 1 is 1.29 bits per heavy atom. The third-order valence-electron chi connectivity index (χ3n) is 4.07. The fourth-order valence-electron chi connectivity index (χ4n) is 2.69. The Balaban J connectivity index is 1.95. The Kier molecular flexibility index (Phi) is 6.36. The van der Waals surface area contributed by atoms with E-state index in [2.05, 4.69) is 18.5 Å². The second-order valence-electron chi connectivity index (χ2n) is 6.16. The number of aromatic nitrogens is 1. The summed E-state index contributed by atoms with van der Waals surface area (Å²) in [5, 5.41) is 0. The summed E-state index contributed by atoms with van der Waals surface area (Å²) in [6, 6.07) is 8.76. The highest BCUT2D eigenvalue weighted by Gasteiger charge is 2.14. The zero-order chi connectivity index (χ0) is 20.1. The number of hydrogen-bond donors (Lipinski definition) is 0. The van der Waals surface area contributed by atoms with Crippen LogP contribution >= 0.6 is 11.3 Å². The molecule has 4 nitrogen and oxygen atoms in total. The smallest absolute Gasteiger partial charge is 0.279 e. The molecule has 0 N–H and O–H groups in total. The number of benzene rings is 2. The molecule has 0 aliphatic carbocycles. The van der Waals surface area contributed by atoms with Gasteiger partial charge in [-0.1, -0.05) is 30.8 Å². The molecule has 7 heteroatoms. The predicted molar refractivity (Wildman–Crippen MR) is 107 cm³/mol. The summed E-state index contributed by atoms with van der Waals surface area (Å²) in [7, 11) is 0. The molecule has 1 amide bonds. The minimum Gasteiger partial charge on any atom is -0.494 e. The van der Waals surface area contributed by atoms with Crippen LogP contribution in [0.4, 0.5) is 8.78 Å². The number of carbonyl (C=O) groups excluding carboxylic acids is 1. The van der Waals surface area contributed by atoms with Gasteiger partial charge in [0.05, 0.1) is 16.8 Å². The van der Waals surface area contributed by atoms with Crippen molar-refractivity contribution in [2.24, 2.45) is 4.99 Å². The Labute approximate surface area is 165 Å². The molecule has 146 valence electrons.